The predicted octanol–water partition coefficient (Wildman–Crippen LogP) is 18.4. The van der Waals surface area contributed by atoms with Gasteiger partial charge in [0.05, 0.1) is 0 Å². The number of hydrogen-bond acceptors (Lipinski definition) is 3. The second-order valence-electron chi connectivity index (χ2n) is 19.9. The molecule has 0 spiro atoms. The van der Waals surface area contributed by atoms with Crippen molar-refractivity contribution in [2.45, 2.75) is 162 Å². The maximum atomic E-state index is 10.3. The Hall–Kier alpha value is -4.89. The molecule has 0 aliphatic heterocycles. The summed E-state index contributed by atoms with van der Waals surface area (Å²) in [6.07, 6.45) is 55.0. The van der Waals surface area contributed by atoms with Crippen LogP contribution >= 0.6 is 0 Å². The van der Waals surface area contributed by atoms with E-state index in [4.69, 9.17) is 9.93 Å². The average molecular weight is 853 g/mol. The van der Waals surface area contributed by atoms with Crippen LogP contribution in [0.15, 0.2) is 188 Å². The molecule has 0 atom stereocenters. The molecule has 0 saturated carbocycles. The Labute approximate surface area is 385 Å². The van der Waals surface area contributed by atoms with Gasteiger partial charge in [-0.05, 0) is 165 Å². The molecule has 3 heteroatoms. The Morgan fingerprint density at radius 2 is 0.619 bits per heavy atom. The second-order valence-corrected chi connectivity index (χ2v) is 19.9. The summed E-state index contributed by atoms with van der Waals surface area (Å²) >= 11 is 0. The molecule has 0 unspecified atom stereocenters. The first-order chi connectivity index (χ1) is 29.7. The van der Waals surface area contributed by atoms with Gasteiger partial charge in [-0.3, -0.25) is 4.79 Å². The van der Waals surface area contributed by atoms with Gasteiger partial charge >= 0.3 is 0 Å². The molecule has 0 radical (unpaired) electrons. The van der Waals surface area contributed by atoms with E-state index in [9.17, 15) is 4.79 Å². The van der Waals surface area contributed by atoms with E-state index in [0.717, 1.165) is 11.9 Å². The summed E-state index contributed by atoms with van der Waals surface area (Å²) in [4.78, 5) is 24.3. The lowest BCUT2D eigenvalue weighted by Crippen LogP contribution is -2.19. The van der Waals surface area contributed by atoms with Crippen molar-refractivity contribution >= 4 is 6.29 Å². The number of hydrogen-bond donors (Lipinski definition) is 0. The first-order valence-corrected chi connectivity index (χ1v) is 23.2. The molecule has 0 fully saturated rings. The van der Waals surface area contributed by atoms with Gasteiger partial charge in [0.15, 0.2) is 0 Å². The molecule has 3 aliphatic carbocycles. The first-order valence-electron chi connectivity index (χ1n) is 23.2. The third-order valence-electron chi connectivity index (χ3n) is 12.5. The molecule has 3 rings (SSSR count). The highest BCUT2D eigenvalue weighted by Gasteiger charge is 2.28. The fraction of sp³-hybridized carbons (Fsp3) is 0.450. The molecule has 0 aromatic carbocycles. The Bertz CT molecular complexity index is 1940. The van der Waals surface area contributed by atoms with E-state index in [1.54, 1.807) is 17.2 Å². The van der Waals surface area contributed by atoms with E-state index < -0.39 is 0 Å². The monoisotopic (exact) mass is 853 g/mol. The van der Waals surface area contributed by atoms with E-state index in [2.05, 4.69) is 200 Å². The normalized spacial score (nSPS) is 20.9. The van der Waals surface area contributed by atoms with Crippen LogP contribution in [0.4, 0.5) is 0 Å². The zero-order valence-electron chi connectivity index (χ0n) is 42.2. The fourth-order valence-corrected chi connectivity index (χ4v) is 8.59. The molecule has 0 amide bonds. The summed E-state index contributed by atoms with van der Waals surface area (Å²) in [5.74, 6) is 0. The Kier molecular flexibility index (Phi) is 25.6. The van der Waals surface area contributed by atoms with Gasteiger partial charge in [0, 0.05) is 9.93 Å². The lowest BCUT2D eigenvalue weighted by molar-refractivity contribution is -0.104. The molecule has 0 aromatic heterocycles. The van der Waals surface area contributed by atoms with Gasteiger partial charge in [-0.2, -0.15) is 0 Å². The van der Waals surface area contributed by atoms with Gasteiger partial charge in [-0.15, -0.1) is 0 Å². The van der Waals surface area contributed by atoms with Gasteiger partial charge in [0.2, 0.25) is 0 Å². The van der Waals surface area contributed by atoms with E-state index in [-0.39, 0.29) is 5.41 Å². The molecular weight excluding hydrogens is 769 g/mol. The quantitative estimate of drug-likeness (QED) is 0.0937. The number of carbonyl (C=O) groups excluding carboxylic acids is 1. The molecule has 63 heavy (non-hydrogen) atoms. The number of allylic oxidation sites excluding steroid dienone is 32. The maximum absolute atomic E-state index is 10.3. The number of carbonyl (C=O) groups is 1. The van der Waals surface area contributed by atoms with Gasteiger partial charge in [-0.25, -0.2) is 0 Å². The molecule has 0 aromatic rings. The van der Waals surface area contributed by atoms with Crippen LogP contribution in [0.3, 0.4) is 0 Å². The number of rotatable bonds is 15. The molecule has 0 bridgehead atoms. The van der Waals surface area contributed by atoms with Crippen LogP contribution in [-0.2, 0) is 4.79 Å². The minimum Gasteiger partial charge on any atom is -0.299 e. The van der Waals surface area contributed by atoms with E-state index in [1.165, 1.54) is 108 Å². The van der Waals surface area contributed by atoms with Crippen molar-refractivity contribution in [3.8, 4) is 0 Å². The van der Waals surface area contributed by atoms with Crippen molar-refractivity contribution in [1.82, 2.24) is 0 Å². The van der Waals surface area contributed by atoms with Crippen molar-refractivity contribution in [1.29, 1.82) is 0 Å². The van der Waals surface area contributed by atoms with Crippen molar-refractivity contribution < 1.29 is 4.79 Å². The van der Waals surface area contributed by atoms with Gasteiger partial charge in [-0.1, -0.05) is 202 Å². The standard InChI is InChI=1S/C40H56.C20H28O.O2/c1-31(19-13-21-33(3)25-27-37-35(5)23-15-29-39(37,7)8)17-11-12-18-32(2)20-14-22-34(4)26-28-38-36(6)24-16-30-40(38,9)10;1-16(8-6-9-17(2)13-15-21)11-12-19-18(3)10-7-14-20(19,4)5;1-2/h11-14,17-22,25-28H,15-16,23-24,29-30H2,1-10H3;6,8-9,11-13,15H,7,10,14H2,1-5H3;/b12-11+,19-13+,20-14+,27-25+,28-26+,31-17+,32-18+,33-21+,34-22+;9-6+,12-11+,16-8+,17-13+;. The summed E-state index contributed by atoms with van der Waals surface area (Å²) in [7, 11) is 0. The van der Waals surface area contributed by atoms with E-state index >= 15 is 0 Å². The topological polar surface area (TPSA) is 51.2 Å². The molecule has 0 N–H and O–H groups in total. The van der Waals surface area contributed by atoms with Crippen molar-refractivity contribution in [3.63, 3.8) is 0 Å². The first kappa shape index (κ1) is 56.1. The third-order valence-corrected chi connectivity index (χ3v) is 12.5. The molecule has 0 heterocycles. The zero-order valence-corrected chi connectivity index (χ0v) is 42.2. The molecule has 3 aliphatic rings. The van der Waals surface area contributed by atoms with Gasteiger partial charge < -0.3 is 0 Å². The van der Waals surface area contributed by atoms with E-state index in [1.807, 2.05) is 19.1 Å². The van der Waals surface area contributed by atoms with Gasteiger partial charge in [0.1, 0.15) is 6.29 Å². The molecular formula is C60H84O3. The smallest absolute Gasteiger partial charge is 0.143 e. The lowest BCUT2D eigenvalue weighted by atomic mass is 9.72. The van der Waals surface area contributed by atoms with Crippen LogP contribution in [0.5, 0.6) is 0 Å². The van der Waals surface area contributed by atoms with Crippen LogP contribution in [0.2, 0.25) is 0 Å². The summed E-state index contributed by atoms with van der Waals surface area (Å²) in [5.41, 5.74) is 17.2. The highest BCUT2D eigenvalue weighted by molar-refractivity contribution is 5.67. The Balaban J connectivity index is 0.000000724. The number of aldehydes is 1. The van der Waals surface area contributed by atoms with Crippen LogP contribution < -0.4 is 0 Å². The minimum atomic E-state index is 0.290. The van der Waals surface area contributed by atoms with Crippen molar-refractivity contribution in [3.05, 3.63) is 198 Å². The lowest BCUT2D eigenvalue weighted by Gasteiger charge is -2.33. The second kappa shape index (κ2) is 28.7. The summed E-state index contributed by atoms with van der Waals surface area (Å²) < 4.78 is 0. The summed E-state index contributed by atoms with van der Waals surface area (Å²) in [5, 5.41) is 0. The van der Waals surface area contributed by atoms with Crippen molar-refractivity contribution in [2.24, 2.45) is 16.2 Å². The van der Waals surface area contributed by atoms with Crippen molar-refractivity contribution in [2.75, 3.05) is 0 Å². The maximum Gasteiger partial charge on any atom is 0.143 e. The van der Waals surface area contributed by atoms with Crippen LogP contribution in [0.1, 0.15) is 162 Å². The highest BCUT2D eigenvalue weighted by Crippen LogP contribution is 2.42. The van der Waals surface area contributed by atoms with Crippen LogP contribution in [0, 0.1) is 26.2 Å². The third kappa shape index (κ3) is 21.8. The van der Waals surface area contributed by atoms with Gasteiger partial charge in [0.25, 0.3) is 0 Å². The SMILES string of the molecule is CC1=C(/C=C/C(C)=C/C=C/C(C)=C/C=C/C=C(C)/C=C/C=C(C)/C=C/C2=C(C)CCCC2(C)C)C(C)(C)CCC1.CC1=C(/C=C/C(C)=C/C=C/C(C)=C/C=O)C(C)(C)CCC1.O=O. The molecule has 0 saturated heterocycles. The fourth-order valence-electron chi connectivity index (χ4n) is 8.59. The predicted molar refractivity (Wildman–Crippen MR) is 280 cm³/mol. The molecule has 342 valence electrons. The van der Waals surface area contributed by atoms with Crippen LogP contribution in [0.25, 0.3) is 0 Å². The largest absolute Gasteiger partial charge is 0.299 e. The summed E-state index contributed by atoms with van der Waals surface area (Å²) in [6, 6.07) is 0. The Morgan fingerprint density at radius 1 is 0.381 bits per heavy atom. The minimum absolute atomic E-state index is 0.290. The molecule has 3 nitrogen and oxygen atoms in total. The zero-order chi connectivity index (χ0) is 47.6. The Morgan fingerprint density at radius 3 is 0.873 bits per heavy atom. The highest BCUT2D eigenvalue weighted by atomic mass is 16.7. The summed E-state index contributed by atoms with van der Waals surface area (Å²) in [6.45, 7) is 33.7. The van der Waals surface area contributed by atoms with Crippen LogP contribution in [-0.4, -0.2) is 6.29 Å². The van der Waals surface area contributed by atoms with E-state index in [0.29, 0.717) is 10.8 Å². The average Bonchev–Trinajstić information content (AvgIpc) is 3.19.